The van der Waals surface area contributed by atoms with Crippen LogP contribution in [-0.2, 0) is 4.84 Å². The maximum absolute atomic E-state index is 5.06. The Labute approximate surface area is 75.0 Å². The minimum absolute atomic E-state index is 0.687. The average Bonchev–Trinajstić information content (AvgIpc) is 1.99. The highest BCUT2D eigenvalue weighted by atomic mass is 16.6. The molecule has 1 aliphatic carbocycles. The van der Waals surface area contributed by atoms with E-state index in [0.29, 0.717) is 6.61 Å². The van der Waals surface area contributed by atoms with Crippen LogP contribution in [0, 0.1) is 11.8 Å². The smallest absolute Gasteiger partial charge is 0.114 e. The molecule has 1 rings (SSSR count). The molecule has 0 N–H and O–H groups in total. The molecule has 1 saturated carbocycles. The maximum atomic E-state index is 5.06. The summed E-state index contributed by atoms with van der Waals surface area (Å²) in [5, 5.41) is 4.12. The van der Waals surface area contributed by atoms with Crippen molar-refractivity contribution in [2.24, 2.45) is 17.0 Å². The van der Waals surface area contributed by atoms with Gasteiger partial charge in [0.2, 0.25) is 0 Å². The predicted octanol–water partition coefficient (Wildman–Crippen LogP) is 2.84. The van der Waals surface area contributed by atoms with E-state index in [1.807, 2.05) is 6.92 Å². The second-order valence-corrected chi connectivity index (χ2v) is 3.93. The molecule has 0 saturated heterocycles. The molecule has 0 heterocycles. The molecule has 0 radical (unpaired) electrons. The van der Waals surface area contributed by atoms with Crippen LogP contribution in [0.1, 0.15) is 40.0 Å². The predicted molar refractivity (Wildman–Crippen MR) is 51.2 cm³/mol. The summed E-state index contributed by atoms with van der Waals surface area (Å²) in [5.74, 6) is 1.57. The van der Waals surface area contributed by atoms with Crippen LogP contribution in [0.4, 0.5) is 0 Å². The maximum Gasteiger partial charge on any atom is 0.114 e. The normalized spacial score (nSPS) is 30.1. The number of nitrogens with zero attached hydrogens (tertiary/aromatic N) is 1. The van der Waals surface area contributed by atoms with Crippen molar-refractivity contribution in [3.05, 3.63) is 0 Å². The zero-order valence-corrected chi connectivity index (χ0v) is 8.34. The summed E-state index contributed by atoms with van der Waals surface area (Å²) in [5.41, 5.74) is 1.25. The lowest BCUT2D eigenvalue weighted by atomic mass is 9.82. The van der Waals surface area contributed by atoms with Crippen LogP contribution in [0.5, 0.6) is 0 Å². The van der Waals surface area contributed by atoms with E-state index in [2.05, 4.69) is 19.0 Å². The van der Waals surface area contributed by atoms with Gasteiger partial charge in [0.15, 0.2) is 0 Å². The molecule has 0 aliphatic heterocycles. The largest absolute Gasteiger partial charge is 0.396 e. The summed E-state index contributed by atoms with van der Waals surface area (Å²) in [6.45, 7) is 7.24. The van der Waals surface area contributed by atoms with Crippen molar-refractivity contribution in [1.29, 1.82) is 0 Å². The topological polar surface area (TPSA) is 21.6 Å². The Morgan fingerprint density at radius 1 is 1.33 bits per heavy atom. The fraction of sp³-hybridized carbons (Fsp3) is 0.900. The van der Waals surface area contributed by atoms with Gasteiger partial charge in [0.1, 0.15) is 6.61 Å². The van der Waals surface area contributed by atoms with E-state index in [0.717, 1.165) is 24.7 Å². The summed E-state index contributed by atoms with van der Waals surface area (Å²) >= 11 is 0. The molecule has 1 aliphatic rings. The minimum atomic E-state index is 0.687. The van der Waals surface area contributed by atoms with Crippen LogP contribution in [-0.4, -0.2) is 12.3 Å². The zero-order valence-electron chi connectivity index (χ0n) is 8.34. The number of hydrogen-bond acceptors (Lipinski definition) is 2. The number of hydrogen-bond donors (Lipinski definition) is 0. The molecular weight excluding hydrogens is 150 g/mol. The molecule has 0 aromatic carbocycles. The first-order valence-electron chi connectivity index (χ1n) is 4.90. The SMILES string of the molecule is CCON=C1CC(C)CC(C)C1. The van der Waals surface area contributed by atoms with Gasteiger partial charge in [-0.15, -0.1) is 0 Å². The average molecular weight is 169 g/mol. The number of rotatable bonds is 2. The van der Waals surface area contributed by atoms with E-state index >= 15 is 0 Å². The molecule has 70 valence electrons. The van der Waals surface area contributed by atoms with Gasteiger partial charge in [-0.1, -0.05) is 19.0 Å². The summed E-state index contributed by atoms with van der Waals surface area (Å²) in [6.07, 6.45) is 3.60. The Morgan fingerprint density at radius 2 is 1.92 bits per heavy atom. The third-order valence-electron chi connectivity index (χ3n) is 2.30. The first-order valence-corrected chi connectivity index (χ1v) is 4.90. The molecular formula is C10H19NO. The third-order valence-corrected chi connectivity index (χ3v) is 2.30. The second kappa shape index (κ2) is 4.48. The summed E-state index contributed by atoms with van der Waals surface area (Å²) < 4.78 is 0. The molecule has 2 atom stereocenters. The zero-order chi connectivity index (χ0) is 8.97. The summed E-state index contributed by atoms with van der Waals surface area (Å²) in [4.78, 5) is 5.06. The summed E-state index contributed by atoms with van der Waals surface area (Å²) in [6, 6.07) is 0. The van der Waals surface area contributed by atoms with Crippen LogP contribution < -0.4 is 0 Å². The lowest BCUT2D eigenvalue weighted by molar-refractivity contribution is 0.155. The van der Waals surface area contributed by atoms with Crippen LogP contribution in [0.2, 0.25) is 0 Å². The van der Waals surface area contributed by atoms with Crippen molar-refractivity contribution < 1.29 is 4.84 Å². The van der Waals surface area contributed by atoms with E-state index in [1.54, 1.807) is 0 Å². The quantitative estimate of drug-likeness (QED) is 0.582. The van der Waals surface area contributed by atoms with E-state index in [-0.39, 0.29) is 0 Å². The van der Waals surface area contributed by atoms with Gasteiger partial charge in [-0.05, 0) is 38.0 Å². The molecule has 0 spiro atoms. The standard InChI is InChI=1S/C10H19NO/c1-4-12-11-10-6-8(2)5-9(3)7-10/h8-9H,4-7H2,1-3H3. The second-order valence-electron chi connectivity index (χ2n) is 3.93. The Kier molecular flexibility index (Phi) is 3.57. The summed E-state index contributed by atoms with van der Waals surface area (Å²) in [7, 11) is 0. The molecule has 12 heavy (non-hydrogen) atoms. The van der Waals surface area contributed by atoms with E-state index in [1.165, 1.54) is 12.1 Å². The highest BCUT2D eigenvalue weighted by Crippen LogP contribution is 2.26. The Morgan fingerprint density at radius 3 is 2.42 bits per heavy atom. The highest BCUT2D eigenvalue weighted by molar-refractivity contribution is 5.85. The fourth-order valence-corrected chi connectivity index (χ4v) is 1.97. The van der Waals surface area contributed by atoms with Gasteiger partial charge in [-0.2, -0.15) is 0 Å². The molecule has 0 aromatic heterocycles. The molecule has 1 fully saturated rings. The number of oxime groups is 1. The first kappa shape index (κ1) is 9.56. The van der Waals surface area contributed by atoms with Crippen molar-refractivity contribution in [1.82, 2.24) is 0 Å². The van der Waals surface area contributed by atoms with Gasteiger partial charge in [-0.25, -0.2) is 0 Å². The Hall–Kier alpha value is -0.530. The monoisotopic (exact) mass is 169 g/mol. The molecule has 2 nitrogen and oxygen atoms in total. The lowest BCUT2D eigenvalue weighted by Crippen LogP contribution is -2.19. The van der Waals surface area contributed by atoms with Gasteiger partial charge in [0.25, 0.3) is 0 Å². The van der Waals surface area contributed by atoms with Crippen LogP contribution in [0.3, 0.4) is 0 Å². The Bertz CT molecular complexity index is 153. The molecule has 0 amide bonds. The fourth-order valence-electron chi connectivity index (χ4n) is 1.97. The van der Waals surface area contributed by atoms with Crippen molar-refractivity contribution in [2.45, 2.75) is 40.0 Å². The lowest BCUT2D eigenvalue weighted by Gasteiger charge is -2.24. The highest BCUT2D eigenvalue weighted by Gasteiger charge is 2.20. The van der Waals surface area contributed by atoms with Crippen molar-refractivity contribution in [3.63, 3.8) is 0 Å². The van der Waals surface area contributed by atoms with Gasteiger partial charge >= 0.3 is 0 Å². The van der Waals surface area contributed by atoms with E-state index in [4.69, 9.17) is 4.84 Å². The van der Waals surface area contributed by atoms with E-state index in [9.17, 15) is 0 Å². The van der Waals surface area contributed by atoms with Crippen LogP contribution >= 0.6 is 0 Å². The van der Waals surface area contributed by atoms with Crippen LogP contribution in [0.25, 0.3) is 0 Å². The van der Waals surface area contributed by atoms with Gasteiger partial charge < -0.3 is 4.84 Å². The van der Waals surface area contributed by atoms with E-state index < -0.39 is 0 Å². The third kappa shape index (κ3) is 2.84. The molecule has 0 bridgehead atoms. The van der Waals surface area contributed by atoms with Crippen LogP contribution in [0.15, 0.2) is 5.16 Å². The molecule has 2 unspecified atom stereocenters. The van der Waals surface area contributed by atoms with Gasteiger partial charge in [0.05, 0.1) is 5.71 Å². The van der Waals surface area contributed by atoms with Crippen molar-refractivity contribution in [2.75, 3.05) is 6.61 Å². The van der Waals surface area contributed by atoms with Gasteiger partial charge in [0, 0.05) is 0 Å². The Balaban J connectivity index is 2.43. The molecule has 2 heteroatoms. The van der Waals surface area contributed by atoms with Crippen molar-refractivity contribution in [3.8, 4) is 0 Å². The van der Waals surface area contributed by atoms with Gasteiger partial charge in [-0.3, -0.25) is 0 Å². The molecule has 0 aromatic rings. The van der Waals surface area contributed by atoms with Crippen molar-refractivity contribution >= 4 is 5.71 Å². The minimum Gasteiger partial charge on any atom is -0.396 e. The first-order chi connectivity index (χ1) is 5.72.